The number of nitrogens with zero attached hydrogens (tertiary/aromatic N) is 3. The van der Waals surface area contributed by atoms with Crippen LogP contribution in [-0.2, 0) is 17.5 Å². The van der Waals surface area contributed by atoms with Crippen LogP contribution in [0, 0.1) is 0 Å². The van der Waals surface area contributed by atoms with Gasteiger partial charge in [0.2, 0.25) is 0 Å². The maximum absolute atomic E-state index is 12.8. The minimum Gasteiger partial charge on any atom is -0.390 e. The van der Waals surface area contributed by atoms with Crippen molar-refractivity contribution in [2.45, 2.75) is 31.7 Å². The van der Waals surface area contributed by atoms with Crippen molar-refractivity contribution in [2.24, 2.45) is 0 Å². The zero-order valence-electron chi connectivity index (χ0n) is 11.5. The van der Waals surface area contributed by atoms with Gasteiger partial charge in [-0.1, -0.05) is 11.3 Å². The summed E-state index contributed by atoms with van der Waals surface area (Å²) < 4.78 is 45.4. The summed E-state index contributed by atoms with van der Waals surface area (Å²) in [4.78, 5) is 0. The number of hydrogen-bond donors (Lipinski definition) is 1. The fourth-order valence-corrected chi connectivity index (χ4v) is 2.55. The topological polar surface area (TPSA) is 60.2 Å². The van der Waals surface area contributed by atoms with Crippen LogP contribution in [-0.4, -0.2) is 26.7 Å². The molecule has 0 spiro atoms. The Morgan fingerprint density at radius 2 is 2.18 bits per heavy atom. The molecule has 1 aliphatic rings. The van der Waals surface area contributed by atoms with E-state index < -0.39 is 11.7 Å². The lowest BCUT2D eigenvalue weighted by molar-refractivity contribution is -0.137. The smallest absolute Gasteiger partial charge is 0.390 e. The summed E-state index contributed by atoms with van der Waals surface area (Å²) in [5.74, 6) is 0. The third-order valence-corrected chi connectivity index (χ3v) is 3.58. The molecule has 8 heteroatoms. The normalized spacial score (nSPS) is 18.8. The number of aromatic nitrogens is 3. The van der Waals surface area contributed by atoms with E-state index in [9.17, 15) is 18.3 Å². The number of aliphatic hydroxyl groups is 1. The highest BCUT2D eigenvalue weighted by Gasteiger charge is 2.32. The summed E-state index contributed by atoms with van der Waals surface area (Å²) in [5.41, 5.74) is 0.320. The molecule has 1 aliphatic heterocycles. The summed E-state index contributed by atoms with van der Waals surface area (Å²) in [6, 6.07) is 4.84. The van der Waals surface area contributed by atoms with Crippen molar-refractivity contribution in [3.05, 3.63) is 41.2 Å². The summed E-state index contributed by atoms with van der Waals surface area (Å²) >= 11 is 0. The molecule has 1 aromatic heterocycles. The number of halogens is 3. The highest BCUT2D eigenvalue weighted by Crippen LogP contribution is 2.34. The second-order valence-electron chi connectivity index (χ2n) is 5.04. The summed E-state index contributed by atoms with van der Waals surface area (Å²) in [7, 11) is 0. The van der Waals surface area contributed by atoms with E-state index in [2.05, 4.69) is 10.3 Å². The van der Waals surface area contributed by atoms with Gasteiger partial charge < -0.3 is 9.84 Å². The number of benzene rings is 1. The maximum atomic E-state index is 12.8. The van der Waals surface area contributed by atoms with Gasteiger partial charge in [0.15, 0.2) is 0 Å². The summed E-state index contributed by atoms with van der Waals surface area (Å²) in [6.45, 7) is 0.234. The van der Waals surface area contributed by atoms with E-state index in [1.165, 1.54) is 16.8 Å². The highest BCUT2D eigenvalue weighted by molar-refractivity contribution is 5.38. The first kappa shape index (κ1) is 15.0. The Morgan fingerprint density at radius 3 is 2.82 bits per heavy atom. The van der Waals surface area contributed by atoms with Gasteiger partial charge in [-0.15, -0.1) is 5.10 Å². The monoisotopic (exact) mass is 313 g/mol. The Kier molecular flexibility index (Phi) is 3.88. The lowest BCUT2D eigenvalue weighted by Crippen LogP contribution is -2.11. The Labute approximate surface area is 124 Å². The fourth-order valence-electron chi connectivity index (χ4n) is 2.55. The maximum Gasteiger partial charge on any atom is 0.416 e. The third-order valence-electron chi connectivity index (χ3n) is 3.58. The van der Waals surface area contributed by atoms with E-state index in [-0.39, 0.29) is 18.4 Å². The molecule has 1 N–H and O–H groups in total. The van der Waals surface area contributed by atoms with Crippen molar-refractivity contribution in [1.82, 2.24) is 15.0 Å². The molecule has 5 nitrogen and oxygen atoms in total. The van der Waals surface area contributed by atoms with E-state index in [1.807, 2.05) is 0 Å². The van der Waals surface area contributed by atoms with Crippen molar-refractivity contribution in [2.75, 3.05) is 6.61 Å². The minimum atomic E-state index is -4.43. The van der Waals surface area contributed by atoms with Crippen LogP contribution >= 0.6 is 0 Å². The lowest BCUT2D eigenvalue weighted by atomic mass is 10.1. The molecule has 0 aliphatic carbocycles. The van der Waals surface area contributed by atoms with E-state index in [1.54, 1.807) is 0 Å². The number of hydrogen-bond acceptors (Lipinski definition) is 4. The number of ether oxygens (including phenoxy) is 1. The van der Waals surface area contributed by atoms with Crippen LogP contribution in [0.15, 0.2) is 24.3 Å². The van der Waals surface area contributed by atoms with Crippen molar-refractivity contribution in [1.29, 1.82) is 0 Å². The number of alkyl halides is 3. The number of aliphatic hydroxyl groups excluding tert-OH is 1. The molecule has 1 aromatic carbocycles. The predicted octanol–water partition coefficient (Wildman–Crippen LogP) is 2.63. The molecular weight excluding hydrogens is 299 g/mol. The van der Waals surface area contributed by atoms with E-state index >= 15 is 0 Å². The summed E-state index contributed by atoms with van der Waals surface area (Å²) in [6.07, 6.45) is -3.17. The van der Waals surface area contributed by atoms with Crippen LogP contribution in [0.4, 0.5) is 13.2 Å². The lowest BCUT2D eigenvalue weighted by Gasteiger charge is -2.14. The van der Waals surface area contributed by atoms with Crippen LogP contribution in [0.3, 0.4) is 0 Å². The average molecular weight is 313 g/mol. The van der Waals surface area contributed by atoms with Crippen LogP contribution in [0.5, 0.6) is 0 Å². The van der Waals surface area contributed by atoms with E-state index in [4.69, 9.17) is 4.74 Å². The zero-order chi connectivity index (χ0) is 15.7. The van der Waals surface area contributed by atoms with Crippen LogP contribution in [0.2, 0.25) is 0 Å². The molecule has 1 saturated heterocycles. The fraction of sp³-hybridized carbons (Fsp3) is 0.429. The molecule has 2 heterocycles. The molecule has 0 amide bonds. The van der Waals surface area contributed by atoms with Crippen molar-refractivity contribution >= 4 is 0 Å². The van der Waals surface area contributed by atoms with E-state index in [0.717, 1.165) is 25.0 Å². The largest absolute Gasteiger partial charge is 0.416 e. The second kappa shape index (κ2) is 5.69. The van der Waals surface area contributed by atoms with Crippen molar-refractivity contribution in [3.8, 4) is 5.69 Å². The van der Waals surface area contributed by atoms with Gasteiger partial charge in [-0.2, -0.15) is 13.2 Å². The molecule has 1 atom stereocenters. The molecule has 0 radical (unpaired) electrons. The molecule has 1 unspecified atom stereocenters. The standard InChI is InChI=1S/C14H14F3N3O2/c15-14(16,17)9-3-1-4-10(7-9)20-13(11(8-21)18-19-20)12-5-2-6-22-12/h1,3-4,7,12,21H,2,5-6,8H2. The molecule has 22 heavy (non-hydrogen) atoms. The Bertz CT molecular complexity index is 664. The van der Waals surface area contributed by atoms with Gasteiger partial charge in [0.1, 0.15) is 11.8 Å². The molecule has 2 aromatic rings. The first-order chi connectivity index (χ1) is 10.5. The van der Waals surface area contributed by atoms with Crippen molar-refractivity contribution in [3.63, 3.8) is 0 Å². The Balaban J connectivity index is 2.07. The van der Waals surface area contributed by atoms with Crippen LogP contribution in [0.1, 0.15) is 35.9 Å². The van der Waals surface area contributed by atoms with Gasteiger partial charge in [-0.3, -0.25) is 0 Å². The first-order valence-corrected chi connectivity index (χ1v) is 6.85. The Morgan fingerprint density at radius 1 is 1.36 bits per heavy atom. The molecule has 118 valence electrons. The minimum absolute atomic E-state index is 0.243. The van der Waals surface area contributed by atoms with Gasteiger partial charge in [0.25, 0.3) is 0 Å². The SMILES string of the molecule is OCc1nnn(-c2cccc(C(F)(F)F)c2)c1C1CCCO1. The molecule has 0 bridgehead atoms. The van der Waals surface area contributed by atoms with Gasteiger partial charge in [-0.05, 0) is 31.0 Å². The third kappa shape index (κ3) is 2.71. The zero-order valence-corrected chi connectivity index (χ0v) is 11.5. The van der Waals surface area contributed by atoms with E-state index in [0.29, 0.717) is 18.0 Å². The second-order valence-corrected chi connectivity index (χ2v) is 5.04. The number of rotatable bonds is 3. The van der Waals surface area contributed by atoms with Crippen molar-refractivity contribution < 1.29 is 23.0 Å². The molecule has 0 saturated carbocycles. The van der Waals surface area contributed by atoms with Gasteiger partial charge >= 0.3 is 6.18 Å². The predicted molar refractivity (Wildman–Crippen MR) is 70.2 cm³/mol. The van der Waals surface area contributed by atoms with Gasteiger partial charge in [0, 0.05) is 6.61 Å². The molecular formula is C14H14F3N3O2. The molecule has 1 fully saturated rings. The highest BCUT2D eigenvalue weighted by atomic mass is 19.4. The van der Waals surface area contributed by atoms with Crippen LogP contribution in [0.25, 0.3) is 5.69 Å². The first-order valence-electron chi connectivity index (χ1n) is 6.85. The van der Waals surface area contributed by atoms with Crippen LogP contribution < -0.4 is 0 Å². The van der Waals surface area contributed by atoms with Gasteiger partial charge in [-0.25, -0.2) is 4.68 Å². The Hall–Kier alpha value is -1.93. The quantitative estimate of drug-likeness (QED) is 0.946. The molecule has 3 rings (SSSR count). The summed E-state index contributed by atoms with van der Waals surface area (Å²) in [5, 5.41) is 17.1. The average Bonchev–Trinajstić information content (AvgIpc) is 3.15. The van der Waals surface area contributed by atoms with Gasteiger partial charge in [0.05, 0.1) is 23.6 Å².